The fraction of sp³-hybridized carbons (Fsp3) is 0.632. The largest absolute Gasteiger partial charge is 0.448 e. The summed E-state index contributed by atoms with van der Waals surface area (Å²) in [5.41, 5.74) is 0.462. The van der Waals surface area contributed by atoms with Crippen molar-refractivity contribution >= 4 is 11.7 Å². The number of hydrogen-bond donors (Lipinski definition) is 2. The van der Waals surface area contributed by atoms with E-state index in [1.54, 1.807) is 18.2 Å². The summed E-state index contributed by atoms with van der Waals surface area (Å²) in [6.07, 6.45) is 1.05. The molecule has 2 saturated carbocycles. The predicted octanol–water partition coefficient (Wildman–Crippen LogP) is 4.97. The highest BCUT2D eigenvalue weighted by Gasteiger charge is 2.46. The van der Waals surface area contributed by atoms with Crippen LogP contribution in [0.3, 0.4) is 0 Å². The van der Waals surface area contributed by atoms with Crippen molar-refractivity contribution in [1.82, 2.24) is 5.32 Å². The maximum absolute atomic E-state index is 13.2. The summed E-state index contributed by atoms with van der Waals surface area (Å²) in [6.45, 7) is 0. The summed E-state index contributed by atoms with van der Waals surface area (Å²) in [6, 6.07) is 3.51. The Bertz CT molecular complexity index is 717. The van der Waals surface area contributed by atoms with Gasteiger partial charge >= 0.3 is 12.2 Å². The molecule has 0 radical (unpaired) electrons. The van der Waals surface area contributed by atoms with Crippen LogP contribution in [0.1, 0.15) is 51.4 Å². The van der Waals surface area contributed by atoms with Crippen LogP contribution in [-0.2, 0) is 0 Å². The van der Waals surface area contributed by atoms with Crippen LogP contribution in [0, 0.1) is 5.92 Å². The highest BCUT2D eigenvalue weighted by molar-refractivity contribution is 5.90. The van der Waals surface area contributed by atoms with E-state index in [1.807, 2.05) is 0 Å². The third-order valence-corrected chi connectivity index (χ3v) is 5.66. The van der Waals surface area contributed by atoms with E-state index < -0.39 is 30.0 Å². The van der Waals surface area contributed by atoms with Crippen LogP contribution in [0.25, 0.3) is 0 Å². The monoisotopic (exact) mass is 384 g/mol. The Hall–Kier alpha value is -2.12. The molecule has 27 heavy (non-hydrogen) atoms. The van der Waals surface area contributed by atoms with Gasteiger partial charge in [0.1, 0.15) is 0 Å². The first-order valence-corrected chi connectivity index (χ1v) is 9.51. The molecule has 0 saturated heterocycles. The number of amides is 2. The van der Waals surface area contributed by atoms with E-state index in [0.29, 0.717) is 36.4 Å². The van der Waals surface area contributed by atoms with Gasteiger partial charge in [-0.15, -0.1) is 0 Å². The summed E-state index contributed by atoms with van der Waals surface area (Å²) < 4.78 is 51.3. The zero-order valence-electron chi connectivity index (χ0n) is 14.9. The number of fused-ring (bicyclic) bond motifs is 1. The number of hydrogen-bond acceptors (Lipinski definition) is 3. The van der Waals surface area contributed by atoms with Crippen molar-refractivity contribution in [3.63, 3.8) is 0 Å². The van der Waals surface area contributed by atoms with Crippen molar-refractivity contribution in [2.45, 2.75) is 69.4 Å². The predicted molar refractivity (Wildman–Crippen MR) is 92.9 cm³/mol. The maximum atomic E-state index is 13.2. The van der Waals surface area contributed by atoms with Gasteiger partial charge in [0.15, 0.2) is 11.5 Å². The molecule has 0 bridgehead atoms. The van der Waals surface area contributed by atoms with E-state index >= 15 is 0 Å². The smallest absolute Gasteiger partial charge is 0.393 e. The zero-order valence-corrected chi connectivity index (χ0v) is 14.9. The molecule has 3 aliphatic rings. The normalized spacial score (nSPS) is 26.2. The third kappa shape index (κ3) is 3.80. The number of halogens is 3. The van der Waals surface area contributed by atoms with Crippen LogP contribution in [0.4, 0.5) is 23.7 Å². The van der Waals surface area contributed by atoms with Gasteiger partial charge in [-0.1, -0.05) is 12.8 Å². The molecule has 4 rings (SSSR count). The van der Waals surface area contributed by atoms with E-state index in [9.17, 15) is 18.0 Å². The molecule has 1 aliphatic heterocycles. The lowest BCUT2D eigenvalue weighted by atomic mass is 9.84. The number of urea groups is 1. The van der Waals surface area contributed by atoms with Crippen LogP contribution in [0.2, 0.25) is 0 Å². The number of nitrogens with one attached hydrogen (secondary N) is 2. The topological polar surface area (TPSA) is 59.6 Å². The maximum Gasteiger partial charge on any atom is 0.393 e. The minimum Gasteiger partial charge on any atom is -0.448 e. The summed E-state index contributed by atoms with van der Waals surface area (Å²) >= 11 is 0. The van der Waals surface area contributed by atoms with E-state index in [0.717, 1.165) is 25.7 Å². The molecule has 2 aliphatic carbocycles. The fourth-order valence-corrected chi connectivity index (χ4v) is 4.32. The first-order chi connectivity index (χ1) is 12.8. The number of anilines is 1. The van der Waals surface area contributed by atoms with Gasteiger partial charge in [0, 0.05) is 30.6 Å². The zero-order chi connectivity index (χ0) is 19.1. The Morgan fingerprint density at radius 3 is 2.48 bits per heavy atom. The molecule has 0 aromatic heterocycles. The molecular formula is C19H23F3N2O3. The van der Waals surface area contributed by atoms with Crippen molar-refractivity contribution in [1.29, 1.82) is 0 Å². The first kappa shape index (κ1) is 18.3. The number of ether oxygens (including phenoxy) is 2. The molecule has 5 nitrogen and oxygen atoms in total. The minimum absolute atomic E-state index is 0.0561. The van der Waals surface area contributed by atoms with Crippen LogP contribution in [-0.4, -0.2) is 24.0 Å². The van der Waals surface area contributed by atoms with E-state index in [-0.39, 0.29) is 6.42 Å². The fourth-order valence-electron chi connectivity index (χ4n) is 4.32. The Kier molecular flexibility index (Phi) is 4.60. The van der Waals surface area contributed by atoms with E-state index in [2.05, 4.69) is 10.6 Å². The van der Waals surface area contributed by atoms with Crippen molar-refractivity contribution < 1.29 is 27.4 Å². The standard InChI is InChI=1S/C19H23F3N2O3/c20-19(21,22)13-5-1-2-6-14(13)24-17(25)23-12-7-8-15-16(11-12)27-18(26-15)9-3-4-10-18/h7-8,11,13-14H,1-6,9-10H2,(H2,23,24,25)/t13-,14-/m0/s1. The lowest BCUT2D eigenvalue weighted by Crippen LogP contribution is -2.48. The summed E-state index contributed by atoms with van der Waals surface area (Å²) in [5, 5.41) is 5.12. The molecule has 1 aromatic carbocycles. The lowest BCUT2D eigenvalue weighted by Gasteiger charge is -2.33. The Morgan fingerprint density at radius 1 is 1.04 bits per heavy atom. The van der Waals surface area contributed by atoms with Crippen molar-refractivity contribution in [2.24, 2.45) is 5.92 Å². The van der Waals surface area contributed by atoms with Gasteiger partial charge in [0.25, 0.3) is 5.79 Å². The third-order valence-electron chi connectivity index (χ3n) is 5.66. The summed E-state index contributed by atoms with van der Waals surface area (Å²) in [7, 11) is 0. The highest BCUT2D eigenvalue weighted by atomic mass is 19.4. The number of benzene rings is 1. The molecule has 148 valence electrons. The van der Waals surface area contributed by atoms with Gasteiger partial charge in [-0.3, -0.25) is 0 Å². The second-order valence-electron chi connectivity index (χ2n) is 7.62. The molecule has 2 N–H and O–H groups in total. The second-order valence-corrected chi connectivity index (χ2v) is 7.62. The Labute approximate surface area is 155 Å². The van der Waals surface area contributed by atoms with Crippen molar-refractivity contribution in [3.05, 3.63) is 18.2 Å². The first-order valence-electron chi connectivity index (χ1n) is 9.51. The lowest BCUT2D eigenvalue weighted by molar-refractivity contribution is -0.187. The van der Waals surface area contributed by atoms with Crippen LogP contribution in [0.15, 0.2) is 18.2 Å². The van der Waals surface area contributed by atoms with Crippen molar-refractivity contribution in [2.75, 3.05) is 5.32 Å². The van der Waals surface area contributed by atoms with Crippen LogP contribution >= 0.6 is 0 Å². The molecule has 1 heterocycles. The van der Waals surface area contributed by atoms with Gasteiger partial charge in [-0.2, -0.15) is 13.2 Å². The summed E-state index contributed by atoms with van der Waals surface area (Å²) in [4.78, 5) is 12.2. The minimum atomic E-state index is -4.30. The van der Waals surface area contributed by atoms with Gasteiger partial charge in [0.05, 0.1) is 5.92 Å². The molecular weight excluding hydrogens is 361 g/mol. The molecule has 8 heteroatoms. The molecule has 2 fully saturated rings. The highest BCUT2D eigenvalue weighted by Crippen LogP contribution is 2.47. The van der Waals surface area contributed by atoms with Gasteiger partial charge in [-0.25, -0.2) is 4.79 Å². The van der Waals surface area contributed by atoms with Gasteiger partial charge < -0.3 is 20.1 Å². The van der Waals surface area contributed by atoms with Crippen molar-refractivity contribution in [3.8, 4) is 11.5 Å². The van der Waals surface area contributed by atoms with Gasteiger partial charge in [0.2, 0.25) is 0 Å². The SMILES string of the molecule is O=C(Nc1ccc2c(c1)OC1(CCCC1)O2)N[C@H]1CCCC[C@@H]1C(F)(F)F. The average Bonchev–Trinajstić information content (AvgIpc) is 3.20. The second kappa shape index (κ2) is 6.80. The van der Waals surface area contributed by atoms with E-state index in [1.165, 1.54) is 0 Å². The number of alkyl halides is 3. The van der Waals surface area contributed by atoms with Crippen LogP contribution in [0.5, 0.6) is 11.5 Å². The molecule has 2 atom stereocenters. The van der Waals surface area contributed by atoms with E-state index in [4.69, 9.17) is 9.47 Å². The molecule has 1 spiro atoms. The van der Waals surface area contributed by atoms with Gasteiger partial charge in [-0.05, 0) is 37.8 Å². The summed E-state index contributed by atoms with van der Waals surface area (Å²) in [5.74, 6) is -0.894. The number of rotatable bonds is 2. The Morgan fingerprint density at radius 2 is 1.74 bits per heavy atom. The Balaban J connectivity index is 1.39. The number of carbonyl (C=O) groups is 1. The molecule has 0 unspecified atom stereocenters. The average molecular weight is 384 g/mol. The molecule has 2 amide bonds. The van der Waals surface area contributed by atoms with Crippen LogP contribution < -0.4 is 20.1 Å². The quantitative estimate of drug-likeness (QED) is 0.757. The molecule has 1 aromatic rings. The number of carbonyl (C=O) groups excluding carboxylic acids is 1.